The molecule has 0 N–H and O–H groups in total. The van der Waals surface area contributed by atoms with Crippen LogP contribution >= 0.6 is 0 Å². The predicted molar refractivity (Wildman–Crippen MR) is 90.3 cm³/mol. The van der Waals surface area contributed by atoms with Crippen LogP contribution in [0.15, 0.2) is 47.4 Å². The molecule has 5 nitrogen and oxygen atoms in total. The van der Waals surface area contributed by atoms with Crippen LogP contribution in [0.5, 0.6) is 11.8 Å². The fourth-order valence-corrected chi connectivity index (χ4v) is 3.78. The minimum atomic E-state index is -0.264. The SMILES string of the molecule is O=c1ccn2c(n1)OC(C(Oc1ccccc1)C1CCCCC1)C2. The smallest absolute Gasteiger partial charge is 0.300 e. The Morgan fingerprint density at radius 3 is 2.71 bits per heavy atom. The molecule has 0 amide bonds. The Bertz CT molecular complexity index is 738. The van der Waals surface area contributed by atoms with E-state index in [0.29, 0.717) is 18.5 Å². The summed E-state index contributed by atoms with van der Waals surface area (Å²) in [6.45, 7) is 0.677. The summed E-state index contributed by atoms with van der Waals surface area (Å²) in [6, 6.07) is 11.8. The monoisotopic (exact) mass is 326 g/mol. The van der Waals surface area contributed by atoms with Gasteiger partial charge < -0.3 is 9.47 Å². The topological polar surface area (TPSA) is 53.4 Å². The molecule has 5 heteroatoms. The van der Waals surface area contributed by atoms with E-state index in [1.165, 1.54) is 38.2 Å². The average molecular weight is 326 g/mol. The molecule has 1 saturated carbocycles. The highest BCUT2D eigenvalue weighted by molar-refractivity contribution is 5.22. The molecule has 2 heterocycles. The molecule has 24 heavy (non-hydrogen) atoms. The third-order valence-corrected chi connectivity index (χ3v) is 4.98. The number of para-hydroxylation sites is 1. The molecule has 0 spiro atoms. The maximum absolute atomic E-state index is 11.5. The standard InChI is InChI=1S/C19H22N2O3/c22-17-11-12-21-13-16(24-19(21)20-17)18(14-7-3-1-4-8-14)23-15-9-5-2-6-10-15/h2,5-6,9-12,14,16,18H,1,3-4,7-8,13H2. The lowest BCUT2D eigenvalue weighted by Gasteiger charge is -2.33. The molecule has 0 radical (unpaired) electrons. The molecular formula is C19H22N2O3. The first-order chi connectivity index (χ1) is 11.8. The quantitative estimate of drug-likeness (QED) is 0.866. The van der Waals surface area contributed by atoms with Gasteiger partial charge in [0.15, 0.2) is 6.10 Å². The minimum Gasteiger partial charge on any atom is -0.486 e. The van der Waals surface area contributed by atoms with Crippen molar-refractivity contribution in [1.82, 2.24) is 9.55 Å². The lowest BCUT2D eigenvalue weighted by atomic mass is 9.83. The zero-order valence-corrected chi connectivity index (χ0v) is 13.6. The molecule has 1 fully saturated rings. The van der Waals surface area contributed by atoms with Crippen molar-refractivity contribution in [3.05, 3.63) is 52.9 Å². The Labute approximate surface area is 141 Å². The van der Waals surface area contributed by atoms with E-state index in [1.54, 1.807) is 6.20 Å². The summed E-state index contributed by atoms with van der Waals surface area (Å²) < 4.78 is 14.3. The second kappa shape index (κ2) is 6.67. The first-order valence-electron chi connectivity index (χ1n) is 8.75. The Balaban J connectivity index is 1.57. The lowest BCUT2D eigenvalue weighted by Crippen LogP contribution is -2.42. The molecule has 0 saturated heterocycles. The summed E-state index contributed by atoms with van der Waals surface area (Å²) in [7, 11) is 0. The summed E-state index contributed by atoms with van der Waals surface area (Å²) in [4.78, 5) is 15.4. The molecule has 1 aromatic heterocycles. The van der Waals surface area contributed by atoms with Gasteiger partial charge in [-0.3, -0.25) is 9.36 Å². The van der Waals surface area contributed by atoms with Gasteiger partial charge in [0.1, 0.15) is 11.9 Å². The maximum atomic E-state index is 11.5. The van der Waals surface area contributed by atoms with Crippen molar-refractivity contribution >= 4 is 0 Å². The van der Waals surface area contributed by atoms with Crippen LogP contribution in [0.4, 0.5) is 0 Å². The Morgan fingerprint density at radius 2 is 1.92 bits per heavy atom. The van der Waals surface area contributed by atoms with Crippen LogP contribution in [-0.4, -0.2) is 21.8 Å². The second-order valence-electron chi connectivity index (χ2n) is 6.65. The fraction of sp³-hybridized carbons (Fsp3) is 0.474. The number of hydrogen-bond acceptors (Lipinski definition) is 4. The molecular weight excluding hydrogens is 304 g/mol. The minimum absolute atomic E-state index is 0.0236. The summed E-state index contributed by atoms with van der Waals surface area (Å²) in [5.41, 5.74) is -0.264. The van der Waals surface area contributed by atoms with E-state index in [0.717, 1.165) is 5.75 Å². The van der Waals surface area contributed by atoms with Gasteiger partial charge in [-0.1, -0.05) is 37.5 Å². The highest BCUT2D eigenvalue weighted by Gasteiger charge is 2.38. The van der Waals surface area contributed by atoms with E-state index < -0.39 is 0 Å². The van der Waals surface area contributed by atoms with Gasteiger partial charge >= 0.3 is 0 Å². The fourth-order valence-electron chi connectivity index (χ4n) is 3.78. The van der Waals surface area contributed by atoms with Gasteiger partial charge in [0.2, 0.25) is 0 Å². The van der Waals surface area contributed by atoms with Crippen LogP contribution in [0, 0.1) is 5.92 Å². The summed E-state index contributed by atoms with van der Waals surface area (Å²) in [5.74, 6) is 1.35. The third kappa shape index (κ3) is 3.16. The molecule has 1 aliphatic heterocycles. The summed E-state index contributed by atoms with van der Waals surface area (Å²) >= 11 is 0. The third-order valence-electron chi connectivity index (χ3n) is 4.98. The average Bonchev–Trinajstić information content (AvgIpc) is 3.04. The number of rotatable bonds is 4. The van der Waals surface area contributed by atoms with E-state index in [-0.39, 0.29) is 17.8 Å². The largest absolute Gasteiger partial charge is 0.486 e. The molecule has 4 rings (SSSR count). The van der Waals surface area contributed by atoms with E-state index in [2.05, 4.69) is 4.98 Å². The van der Waals surface area contributed by atoms with E-state index in [9.17, 15) is 4.79 Å². The number of fused-ring (bicyclic) bond motifs is 1. The van der Waals surface area contributed by atoms with Crippen LogP contribution < -0.4 is 15.0 Å². The number of nitrogens with zero attached hydrogens (tertiary/aromatic N) is 2. The van der Waals surface area contributed by atoms with Crippen molar-refractivity contribution in [2.24, 2.45) is 5.92 Å². The predicted octanol–water partition coefficient (Wildman–Crippen LogP) is 3.03. The highest BCUT2D eigenvalue weighted by atomic mass is 16.6. The second-order valence-corrected chi connectivity index (χ2v) is 6.65. The van der Waals surface area contributed by atoms with Crippen molar-refractivity contribution in [3.8, 4) is 11.8 Å². The van der Waals surface area contributed by atoms with Crippen LogP contribution in [0.25, 0.3) is 0 Å². The molecule has 1 aliphatic carbocycles. The van der Waals surface area contributed by atoms with E-state index in [4.69, 9.17) is 9.47 Å². The number of aromatic nitrogens is 2. The van der Waals surface area contributed by atoms with Crippen LogP contribution in [0.1, 0.15) is 32.1 Å². The van der Waals surface area contributed by atoms with Crippen molar-refractivity contribution in [3.63, 3.8) is 0 Å². The molecule has 2 aliphatic rings. The van der Waals surface area contributed by atoms with Crippen LogP contribution in [0.2, 0.25) is 0 Å². The van der Waals surface area contributed by atoms with Crippen molar-refractivity contribution < 1.29 is 9.47 Å². The lowest BCUT2D eigenvalue weighted by molar-refractivity contribution is 0.0116. The molecule has 126 valence electrons. The van der Waals surface area contributed by atoms with Gasteiger partial charge in [-0.05, 0) is 30.9 Å². The summed E-state index contributed by atoms with van der Waals surface area (Å²) in [6.07, 6.45) is 7.75. The summed E-state index contributed by atoms with van der Waals surface area (Å²) in [5, 5.41) is 0. The maximum Gasteiger partial charge on any atom is 0.300 e. The van der Waals surface area contributed by atoms with Gasteiger partial charge in [0.05, 0.1) is 6.54 Å². The van der Waals surface area contributed by atoms with E-state index >= 15 is 0 Å². The number of benzene rings is 1. The normalized spacial score (nSPS) is 21.8. The number of ether oxygens (including phenoxy) is 2. The Hall–Kier alpha value is -2.30. The number of hydrogen-bond donors (Lipinski definition) is 0. The van der Waals surface area contributed by atoms with Gasteiger partial charge in [-0.15, -0.1) is 0 Å². The van der Waals surface area contributed by atoms with Crippen molar-refractivity contribution in [1.29, 1.82) is 0 Å². The molecule has 2 aromatic rings. The molecule has 2 unspecified atom stereocenters. The first-order valence-corrected chi connectivity index (χ1v) is 8.75. The Kier molecular flexibility index (Phi) is 4.24. The van der Waals surface area contributed by atoms with Crippen molar-refractivity contribution in [2.75, 3.05) is 0 Å². The first kappa shape index (κ1) is 15.2. The van der Waals surface area contributed by atoms with Gasteiger partial charge in [-0.2, -0.15) is 4.98 Å². The molecule has 2 atom stereocenters. The van der Waals surface area contributed by atoms with Crippen LogP contribution in [-0.2, 0) is 6.54 Å². The highest BCUT2D eigenvalue weighted by Crippen LogP contribution is 2.33. The van der Waals surface area contributed by atoms with Crippen LogP contribution in [0.3, 0.4) is 0 Å². The molecule has 0 bridgehead atoms. The van der Waals surface area contributed by atoms with Gasteiger partial charge in [-0.25, -0.2) is 0 Å². The zero-order valence-electron chi connectivity index (χ0n) is 13.6. The Morgan fingerprint density at radius 1 is 1.12 bits per heavy atom. The van der Waals surface area contributed by atoms with Gasteiger partial charge in [0.25, 0.3) is 11.6 Å². The van der Waals surface area contributed by atoms with Crippen molar-refractivity contribution in [2.45, 2.75) is 50.9 Å². The van der Waals surface area contributed by atoms with E-state index in [1.807, 2.05) is 34.9 Å². The molecule has 1 aromatic carbocycles. The van der Waals surface area contributed by atoms with Gasteiger partial charge in [0, 0.05) is 12.3 Å². The zero-order chi connectivity index (χ0) is 16.4.